The first-order chi connectivity index (χ1) is 13.6. The second kappa shape index (κ2) is 8.50. The van der Waals surface area contributed by atoms with E-state index in [1.165, 1.54) is 22.3 Å². The highest BCUT2D eigenvalue weighted by atomic mass is 35.5. The molecule has 0 radical (unpaired) electrons. The number of carbonyl (C=O) groups excluding carboxylic acids is 1. The third kappa shape index (κ3) is 4.16. The number of hydrogen-bond donors (Lipinski definition) is 0. The molecule has 2 aromatic rings. The van der Waals surface area contributed by atoms with Gasteiger partial charge in [0, 0.05) is 30.1 Å². The van der Waals surface area contributed by atoms with Crippen molar-refractivity contribution in [3.05, 3.63) is 69.8 Å². The summed E-state index contributed by atoms with van der Waals surface area (Å²) in [5.74, 6) is 1.19. The van der Waals surface area contributed by atoms with Crippen molar-refractivity contribution in [2.75, 3.05) is 19.6 Å². The predicted octanol–water partition coefficient (Wildman–Crippen LogP) is 5.50. The summed E-state index contributed by atoms with van der Waals surface area (Å²) in [6.45, 7) is 5.33. The predicted molar refractivity (Wildman–Crippen MR) is 114 cm³/mol. The fraction of sp³-hybridized carbons (Fsp3) is 0.375. The number of ether oxygens (including phenoxy) is 1. The lowest BCUT2D eigenvalue weighted by atomic mass is 9.86. The van der Waals surface area contributed by atoms with Gasteiger partial charge in [0.05, 0.1) is 0 Å². The van der Waals surface area contributed by atoms with E-state index in [0.717, 1.165) is 55.2 Å². The van der Waals surface area contributed by atoms with Crippen LogP contribution in [-0.2, 0) is 11.4 Å². The van der Waals surface area contributed by atoms with Crippen molar-refractivity contribution >= 4 is 23.0 Å². The Morgan fingerprint density at radius 1 is 1.11 bits per heavy atom. The van der Waals surface area contributed by atoms with Crippen molar-refractivity contribution in [1.29, 1.82) is 0 Å². The fourth-order valence-corrected chi connectivity index (χ4v) is 4.42. The number of nitrogens with zero attached hydrogens (tertiary/aromatic N) is 1. The Labute approximate surface area is 172 Å². The molecule has 2 heterocycles. The number of hydrogen-bond acceptors (Lipinski definition) is 3. The highest BCUT2D eigenvalue weighted by Crippen LogP contribution is 2.41. The van der Waals surface area contributed by atoms with Gasteiger partial charge in [-0.15, -0.1) is 0 Å². The Balaban J connectivity index is 1.65. The first kappa shape index (κ1) is 19.2. The first-order valence-corrected chi connectivity index (χ1v) is 10.4. The Bertz CT molecular complexity index is 909. The average Bonchev–Trinajstić information content (AvgIpc) is 2.85. The number of likely N-dealkylation sites (tertiary alicyclic amines) is 1. The van der Waals surface area contributed by atoms with Gasteiger partial charge in [0.15, 0.2) is 0 Å². The number of carbonyl (C=O) groups is 1. The lowest BCUT2D eigenvalue weighted by molar-refractivity contribution is -0.117. The molecule has 0 aromatic heterocycles. The molecule has 0 saturated carbocycles. The Morgan fingerprint density at radius 3 is 2.68 bits per heavy atom. The summed E-state index contributed by atoms with van der Waals surface area (Å²) in [4.78, 5) is 13.7. The van der Waals surface area contributed by atoms with Crippen LogP contribution in [-0.4, -0.2) is 30.3 Å². The van der Waals surface area contributed by atoms with Gasteiger partial charge in [0.25, 0.3) is 0 Å². The van der Waals surface area contributed by atoms with Crippen LogP contribution in [0.25, 0.3) is 5.57 Å². The standard InChI is InChI=1S/C24H26ClNO2/c1-17(27)5-4-12-26-13-10-18(11-14-26)24-21-7-3-2-6-19(21)16-28-23-9-8-20(25)15-22(23)24/h2-3,6-9,15H,4-5,10-14,16H2,1H3. The smallest absolute Gasteiger partial charge is 0.129 e. The number of benzene rings is 2. The lowest BCUT2D eigenvalue weighted by Crippen LogP contribution is -2.32. The molecule has 1 fully saturated rings. The van der Waals surface area contributed by atoms with E-state index >= 15 is 0 Å². The van der Waals surface area contributed by atoms with Gasteiger partial charge in [-0.1, -0.05) is 41.4 Å². The summed E-state index contributed by atoms with van der Waals surface area (Å²) in [7, 11) is 0. The minimum atomic E-state index is 0.281. The molecule has 0 spiro atoms. The third-order valence-electron chi connectivity index (χ3n) is 5.70. The van der Waals surface area contributed by atoms with Crippen LogP contribution in [0, 0.1) is 0 Å². The van der Waals surface area contributed by atoms with Gasteiger partial charge >= 0.3 is 0 Å². The second-order valence-corrected chi connectivity index (χ2v) is 8.15. The fourth-order valence-electron chi connectivity index (χ4n) is 4.24. The van der Waals surface area contributed by atoms with Crippen molar-refractivity contribution in [2.24, 2.45) is 0 Å². The van der Waals surface area contributed by atoms with Crippen LogP contribution in [0.4, 0.5) is 0 Å². The van der Waals surface area contributed by atoms with Gasteiger partial charge < -0.3 is 14.4 Å². The zero-order chi connectivity index (χ0) is 19.5. The van der Waals surface area contributed by atoms with E-state index in [2.05, 4.69) is 29.2 Å². The first-order valence-electron chi connectivity index (χ1n) is 10.1. The van der Waals surface area contributed by atoms with Crippen molar-refractivity contribution in [3.8, 4) is 5.75 Å². The molecule has 0 N–H and O–H groups in total. The number of Topliss-reactive ketones (excluding diaryl/α,β-unsaturated/α-hetero) is 1. The average molecular weight is 396 g/mol. The van der Waals surface area contributed by atoms with Crippen LogP contribution in [0.5, 0.6) is 5.75 Å². The van der Waals surface area contributed by atoms with Crippen molar-refractivity contribution in [2.45, 2.75) is 39.2 Å². The van der Waals surface area contributed by atoms with E-state index in [-0.39, 0.29) is 5.78 Å². The van der Waals surface area contributed by atoms with Crippen LogP contribution < -0.4 is 4.74 Å². The van der Waals surface area contributed by atoms with Crippen molar-refractivity contribution in [3.63, 3.8) is 0 Å². The van der Waals surface area contributed by atoms with Crippen LogP contribution in [0.2, 0.25) is 5.02 Å². The number of halogens is 1. The molecule has 2 aromatic carbocycles. The minimum absolute atomic E-state index is 0.281. The van der Waals surface area contributed by atoms with E-state index in [4.69, 9.17) is 16.3 Å². The maximum atomic E-state index is 11.2. The summed E-state index contributed by atoms with van der Waals surface area (Å²) < 4.78 is 6.11. The van der Waals surface area contributed by atoms with Crippen LogP contribution in [0.15, 0.2) is 48.0 Å². The van der Waals surface area contributed by atoms with Gasteiger partial charge in [0.2, 0.25) is 0 Å². The molecule has 28 heavy (non-hydrogen) atoms. The summed E-state index contributed by atoms with van der Waals surface area (Å²) >= 11 is 6.35. The highest BCUT2D eigenvalue weighted by Gasteiger charge is 2.24. The number of ketones is 1. The molecule has 4 rings (SSSR count). The van der Waals surface area contributed by atoms with E-state index in [9.17, 15) is 4.79 Å². The number of fused-ring (bicyclic) bond motifs is 2. The van der Waals surface area contributed by atoms with E-state index in [0.29, 0.717) is 13.0 Å². The quantitative estimate of drug-likeness (QED) is 0.684. The molecule has 0 bridgehead atoms. The minimum Gasteiger partial charge on any atom is -0.488 e. The van der Waals surface area contributed by atoms with E-state index in [1.807, 2.05) is 18.2 Å². The molecule has 1 saturated heterocycles. The third-order valence-corrected chi connectivity index (χ3v) is 5.93. The maximum Gasteiger partial charge on any atom is 0.129 e. The molecule has 2 aliphatic rings. The number of rotatable bonds is 4. The Kier molecular flexibility index (Phi) is 5.84. The van der Waals surface area contributed by atoms with E-state index in [1.54, 1.807) is 6.92 Å². The van der Waals surface area contributed by atoms with Crippen LogP contribution in [0.3, 0.4) is 0 Å². The monoisotopic (exact) mass is 395 g/mol. The Morgan fingerprint density at radius 2 is 1.89 bits per heavy atom. The largest absolute Gasteiger partial charge is 0.488 e. The molecule has 0 unspecified atom stereocenters. The van der Waals surface area contributed by atoms with Crippen LogP contribution in [0.1, 0.15) is 49.3 Å². The molecule has 146 valence electrons. The highest BCUT2D eigenvalue weighted by molar-refractivity contribution is 6.30. The molecule has 0 amide bonds. The SMILES string of the molecule is CC(=O)CCCN1CCC(=C2c3ccccc3COc3ccc(Cl)cc32)CC1. The zero-order valence-electron chi connectivity index (χ0n) is 16.3. The molecular weight excluding hydrogens is 370 g/mol. The van der Waals surface area contributed by atoms with E-state index < -0.39 is 0 Å². The second-order valence-electron chi connectivity index (χ2n) is 7.71. The molecule has 0 atom stereocenters. The van der Waals surface area contributed by atoms with Gasteiger partial charge in [-0.3, -0.25) is 0 Å². The summed E-state index contributed by atoms with van der Waals surface area (Å²) in [5.41, 5.74) is 6.38. The topological polar surface area (TPSA) is 29.5 Å². The Hall–Kier alpha value is -2.10. The van der Waals surface area contributed by atoms with Gasteiger partial charge in [0.1, 0.15) is 18.1 Å². The van der Waals surface area contributed by atoms with Crippen LogP contribution >= 0.6 is 11.6 Å². The van der Waals surface area contributed by atoms with Gasteiger partial charge in [-0.25, -0.2) is 0 Å². The maximum absolute atomic E-state index is 11.2. The lowest BCUT2D eigenvalue weighted by Gasteiger charge is -2.30. The number of piperidine rings is 1. The molecule has 3 nitrogen and oxygen atoms in total. The van der Waals surface area contributed by atoms with Crippen molar-refractivity contribution in [1.82, 2.24) is 4.90 Å². The van der Waals surface area contributed by atoms with Gasteiger partial charge in [-0.05, 0) is 67.6 Å². The molecular formula is C24H26ClNO2. The molecule has 0 aliphatic carbocycles. The molecule has 4 heteroatoms. The zero-order valence-corrected chi connectivity index (χ0v) is 17.1. The summed E-state index contributed by atoms with van der Waals surface area (Å²) in [5, 5.41) is 0.737. The summed E-state index contributed by atoms with van der Waals surface area (Å²) in [6.07, 6.45) is 3.71. The molecule has 2 aliphatic heterocycles. The normalized spacial score (nSPS) is 16.8. The summed E-state index contributed by atoms with van der Waals surface area (Å²) in [6, 6.07) is 14.5. The van der Waals surface area contributed by atoms with Crippen molar-refractivity contribution < 1.29 is 9.53 Å². The van der Waals surface area contributed by atoms with Gasteiger partial charge in [-0.2, -0.15) is 0 Å².